The fourth-order valence-electron chi connectivity index (χ4n) is 6.85. The van der Waals surface area contributed by atoms with Crippen LogP contribution in [0.1, 0.15) is 64.2 Å². The van der Waals surface area contributed by atoms with Gasteiger partial charge in [0.1, 0.15) is 5.54 Å². The Balaban J connectivity index is 4.74. The lowest BCUT2D eigenvalue weighted by molar-refractivity contribution is -0.139. The van der Waals surface area contributed by atoms with Gasteiger partial charge in [0.2, 0.25) is 35.4 Å². The molecule has 0 aliphatic carbocycles. The average molecular weight is 1390 g/mol. The largest absolute Gasteiger partial charge is 0.481 e. The van der Waals surface area contributed by atoms with Crippen LogP contribution >= 0.6 is 64.9 Å². The molecular formula is C54H101N8O21S6-. The summed E-state index contributed by atoms with van der Waals surface area (Å²) in [5.74, 6) is -4.12. The predicted octanol–water partition coefficient (Wildman–Crippen LogP) is 2.29. The monoisotopic (exact) mass is 1390 g/mol. The van der Waals surface area contributed by atoms with E-state index in [2.05, 4.69) is 36.6 Å². The van der Waals surface area contributed by atoms with E-state index in [1.807, 2.05) is 6.26 Å². The van der Waals surface area contributed by atoms with Crippen LogP contribution in [0.3, 0.4) is 0 Å². The molecule has 1 atom stereocenters. The second kappa shape index (κ2) is 65.4. The van der Waals surface area contributed by atoms with Gasteiger partial charge in [0.25, 0.3) is 0 Å². The van der Waals surface area contributed by atoms with Crippen LogP contribution in [0, 0.1) is 5.92 Å². The summed E-state index contributed by atoms with van der Waals surface area (Å²) in [5, 5.41) is 38.4. The van der Waals surface area contributed by atoms with Gasteiger partial charge in [0.15, 0.2) is 0 Å². The van der Waals surface area contributed by atoms with Gasteiger partial charge in [-0.05, 0) is 25.5 Å². The predicted molar refractivity (Wildman–Crippen MR) is 350 cm³/mol. The highest BCUT2D eigenvalue weighted by atomic mass is 33.2. The molecule has 6 amide bonds. The maximum atomic E-state index is 13.5. The Morgan fingerprint density at radius 2 is 0.753 bits per heavy atom. The van der Waals surface area contributed by atoms with Crippen LogP contribution in [-0.4, -0.2) is 280 Å². The van der Waals surface area contributed by atoms with Crippen LogP contribution in [0.2, 0.25) is 0 Å². The van der Waals surface area contributed by atoms with Crippen molar-refractivity contribution in [2.75, 3.05) is 222 Å². The number of carbonyl (C=O) groups excluding carboxylic acids is 6. The van der Waals surface area contributed by atoms with Gasteiger partial charge in [-0.2, -0.15) is 0 Å². The molecule has 0 heterocycles. The molecule has 0 unspecified atom stereocenters. The summed E-state index contributed by atoms with van der Waals surface area (Å²) in [5.41, 5.74) is -1.31. The van der Waals surface area contributed by atoms with Crippen LogP contribution in [0.25, 0.3) is 5.41 Å². The summed E-state index contributed by atoms with van der Waals surface area (Å²) >= 11 is 0. The van der Waals surface area contributed by atoms with Gasteiger partial charge in [-0.15, -0.1) is 0 Å². The number of ether oxygens (including phenoxy) is 13. The van der Waals surface area contributed by atoms with E-state index in [-0.39, 0.29) is 153 Å². The minimum atomic E-state index is -1.31. The number of hydrogen-bond donors (Lipinski definition) is 8. The van der Waals surface area contributed by atoms with Crippen LogP contribution in [0.5, 0.6) is 0 Å². The Morgan fingerprint density at radius 1 is 0.404 bits per heavy atom. The SMILES string of the molecule is COCCOCCNC(=O)CCOCC(COCCC(=O)NCCOCCOC)(COCCC(=O)NCCOCCOC)NC(=O)CCOCCOCCOCCOCCNC(=O)CCCC(=O)NCCCC[C@H](C(=[N-])NSSCSSCSSC)C(=O)O. The second-order valence-electron chi connectivity index (χ2n) is 18.7. The van der Waals surface area contributed by atoms with Crippen molar-refractivity contribution in [2.45, 2.75) is 69.7 Å². The molecule has 0 aromatic carbocycles. The van der Waals surface area contributed by atoms with E-state index in [9.17, 15) is 44.1 Å². The summed E-state index contributed by atoms with van der Waals surface area (Å²) in [6.45, 7) is 6.41. The number of rotatable bonds is 68. The molecule has 0 spiro atoms. The van der Waals surface area contributed by atoms with Crippen molar-refractivity contribution in [3.63, 3.8) is 0 Å². The van der Waals surface area contributed by atoms with Gasteiger partial charge < -0.3 is 109 Å². The van der Waals surface area contributed by atoms with Crippen LogP contribution < -0.4 is 36.6 Å². The maximum absolute atomic E-state index is 13.5. The zero-order valence-corrected chi connectivity index (χ0v) is 57.3. The molecule has 0 radical (unpaired) electrons. The van der Waals surface area contributed by atoms with Crippen molar-refractivity contribution in [2.24, 2.45) is 5.92 Å². The first-order valence-electron chi connectivity index (χ1n) is 29.4. The highest BCUT2D eigenvalue weighted by Gasteiger charge is 2.34. The molecule has 89 heavy (non-hydrogen) atoms. The molecule has 8 N–H and O–H groups in total. The zero-order valence-electron chi connectivity index (χ0n) is 52.4. The highest BCUT2D eigenvalue weighted by molar-refractivity contribution is 8.88. The standard InChI is InChI=1S/C54H101N8O21S6/c1-71-28-31-75-24-17-58-48(65)11-21-81-40-54(41-82-22-12-49(66)59-18-25-76-32-29-72-2,42-83-23-13-50(67)60-19-26-77-33-30-73-3)61-51(68)14-20-74-34-36-79-38-39-80-37-35-78-27-16-57-47(64)10-7-9-46(63)56-15-6-5-8-45(53(69)70)52(55)62-89-88-44-87-86-43-85-84-4/h45H,5-44H2,1-4H3,(H8-,55,56,57,58,59,60,61,62,63,64,65,66,67,68,69,70)/q-1/t45-/m1/s1. The number of amidine groups is 1. The summed E-state index contributed by atoms with van der Waals surface area (Å²) in [7, 11) is 14.3. The molecule has 0 saturated carbocycles. The molecule has 29 nitrogen and oxygen atoms in total. The Morgan fingerprint density at radius 3 is 1.16 bits per heavy atom. The van der Waals surface area contributed by atoms with E-state index in [1.165, 1.54) is 21.8 Å². The molecule has 0 saturated heterocycles. The number of aliphatic carboxylic acids is 1. The smallest absolute Gasteiger partial charge is 0.310 e. The fourth-order valence-corrected chi connectivity index (χ4v) is 14.4. The molecule has 0 rings (SSSR count). The molecule has 0 aromatic heterocycles. The van der Waals surface area contributed by atoms with Crippen molar-refractivity contribution in [3.8, 4) is 0 Å². The molecule has 0 aromatic rings. The van der Waals surface area contributed by atoms with Crippen molar-refractivity contribution in [3.05, 3.63) is 5.41 Å². The average Bonchev–Trinajstić information content (AvgIpc) is 3.71. The first kappa shape index (κ1) is 86.3. The fraction of sp³-hybridized carbons (Fsp3) is 0.852. The van der Waals surface area contributed by atoms with E-state index in [1.54, 1.807) is 64.5 Å². The van der Waals surface area contributed by atoms with Gasteiger partial charge in [-0.1, -0.05) is 77.2 Å². The first-order chi connectivity index (χ1) is 43.3. The summed E-state index contributed by atoms with van der Waals surface area (Å²) in [4.78, 5) is 87.4. The lowest BCUT2D eigenvalue weighted by Gasteiger charge is -2.34. The Labute approximate surface area is 549 Å². The Hall–Kier alpha value is -2.66. The van der Waals surface area contributed by atoms with E-state index < -0.39 is 23.3 Å². The van der Waals surface area contributed by atoms with E-state index >= 15 is 0 Å². The van der Waals surface area contributed by atoms with Crippen molar-refractivity contribution in [1.29, 1.82) is 0 Å². The van der Waals surface area contributed by atoms with Crippen molar-refractivity contribution in [1.82, 2.24) is 36.6 Å². The van der Waals surface area contributed by atoms with E-state index in [0.29, 0.717) is 131 Å². The number of amides is 6. The third kappa shape index (κ3) is 58.9. The highest BCUT2D eigenvalue weighted by Crippen LogP contribution is 2.35. The number of methoxy groups -OCH3 is 3. The zero-order chi connectivity index (χ0) is 65.4. The quantitative estimate of drug-likeness (QED) is 0.0108. The number of carboxylic acid groups (broad SMARTS) is 1. The molecule has 0 aliphatic heterocycles. The molecular weight excluding hydrogens is 1290 g/mol. The number of nitrogens with zero attached hydrogens (tertiary/aromatic N) is 1. The van der Waals surface area contributed by atoms with Crippen molar-refractivity contribution < 1.29 is 100 Å². The topological polar surface area (TPSA) is 366 Å². The molecule has 0 aliphatic rings. The number of unbranched alkanes of at least 4 members (excludes halogenated alkanes) is 1. The number of carboxylic acids is 1. The molecule has 0 fully saturated rings. The third-order valence-corrected chi connectivity index (χ3v) is 19.0. The van der Waals surface area contributed by atoms with Gasteiger partial charge in [0.05, 0.1) is 168 Å². The van der Waals surface area contributed by atoms with Gasteiger partial charge in [-0.3, -0.25) is 33.6 Å². The number of hydrogen-bond acceptors (Lipinski definition) is 26. The number of carbonyl (C=O) groups is 7. The third-order valence-electron chi connectivity index (χ3n) is 11.4. The summed E-state index contributed by atoms with van der Waals surface area (Å²) in [6, 6.07) is 0. The normalized spacial score (nSPS) is 11.7. The molecule has 0 bridgehead atoms. The lowest BCUT2D eigenvalue weighted by atomic mass is 10.0. The molecule has 520 valence electrons. The summed E-state index contributed by atoms with van der Waals surface area (Å²) in [6.07, 6.45) is 3.94. The second-order valence-corrected chi connectivity index (χ2v) is 26.5. The molecule has 35 heteroatoms. The lowest BCUT2D eigenvalue weighted by Crippen LogP contribution is -2.59. The van der Waals surface area contributed by atoms with Crippen LogP contribution in [0.15, 0.2) is 0 Å². The minimum absolute atomic E-state index is 0.00995. The van der Waals surface area contributed by atoms with Crippen LogP contribution in [0.4, 0.5) is 0 Å². The minimum Gasteiger partial charge on any atom is -0.481 e. The number of nitrogens with one attached hydrogen (secondary N) is 7. The van der Waals surface area contributed by atoms with Crippen molar-refractivity contribution >= 4 is 112 Å². The van der Waals surface area contributed by atoms with E-state index in [0.717, 1.165) is 10.2 Å². The van der Waals surface area contributed by atoms with Gasteiger partial charge in [-0.25, -0.2) is 0 Å². The maximum Gasteiger partial charge on any atom is 0.310 e. The van der Waals surface area contributed by atoms with E-state index in [4.69, 9.17) is 61.6 Å². The first-order valence-corrected chi connectivity index (χ1v) is 37.0. The van der Waals surface area contributed by atoms with Gasteiger partial charge in [0, 0.05) is 92.6 Å². The summed E-state index contributed by atoms with van der Waals surface area (Å²) < 4.78 is 74.0. The van der Waals surface area contributed by atoms with Crippen LogP contribution in [-0.2, 0) is 95.1 Å². The Bertz CT molecular complexity index is 1720. The Kier molecular flexibility index (Phi) is 63.4. The van der Waals surface area contributed by atoms with Gasteiger partial charge >= 0.3 is 5.97 Å².